The summed E-state index contributed by atoms with van der Waals surface area (Å²) in [6.07, 6.45) is 8.90. The molecule has 0 aliphatic heterocycles. The molecule has 0 spiro atoms. The van der Waals surface area contributed by atoms with Crippen LogP contribution >= 0.6 is 0 Å². The molecule has 2 atom stereocenters. The molecule has 2 saturated carbocycles. The monoisotopic (exact) mass is 272 g/mol. The van der Waals surface area contributed by atoms with Crippen molar-refractivity contribution in [2.45, 2.75) is 64.8 Å². The SMILES string of the molecule is Cc1ccc(C2CC(C)(C)CCC2CNC2CC2)cn1. The second-order valence-corrected chi connectivity index (χ2v) is 7.69. The van der Waals surface area contributed by atoms with Gasteiger partial charge in [-0.1, -0.05) is 19.9 Å². The molecule has 0 amide bonds. The molecule has 1 aromatic rings. The van der Waals surface area contributed by atoms with Gasteiger partial charge in [0, 0.05) is 17.9 Å². The Morgan fingerprint density at radius 2 is 2.05 bits per heavy atom. The minimum absolute atomic E-state index is 0.478. The van der Waals surface area contributed by atoms with E-state index in [1.54, 1.807) is 0 Å². The molecule has 2 heteroatoms. The first-order valence-electron chi connectivity index (χ1n) is 8.19. The van der Waals surface area contributed by atoms with Crippen LogP contribution < -0.4 is 5.32 Å². The number of pyridine rings is 1. The molecule has 1 N–H and O–H groups in total. The van der Waals surface area contributed by atoms with Crippen LogP contribution in [0.1, 0.15) is 63.1 Å². The van der Waals surface area contributed by atoms with Crippen LogP contribution in [0.15, 0.2) is 18.3 Å². The van der Waals surface area contributed by atoms with Crippen LogP contribution in [0.4, 0.5) is 0 Å². The average Bonchev–Trinajstić information content (AvgIpc) is 3.22. The highest BCUT2D eigenvalue weighted by Crippen LogP contribution is 2.46. The van der Waals surface area contributed by atoms with Crippen molar-refractivity contribution in [3.05, 3.63) is 29.6 Å². The van der Waals surface area contributed by atoms with E-state index in [1.165, 1.54) is 44.2 Å². The van der Waals surface area contributed by atoms with Gasteiger partial charge in [-0.15, -0.1) is 0 Å². The Bertz CT molecular complexity index is 443. The van der Waals surface area contributed by atoms with Crippen LogP contribution in [0.5, 0.6) is 0 Å². The van der Waals surface area contributed by atoms with Crippen molar-refractivity contribution < 1.29 is 0 Å². The molecule has 20 heavy (non-hydrogen) atoms. The second kappa shape index (κ2) is 5.48. The van der Waals surface area contributed by atoms with Crippen LogP contribution in [-0.2, 0) is 0 Å². The zero-order valence-corrected chi connectivity index (χ0v) is 13.2. The molecule has 1 heterocycles. The van der Waals surface area contributed by atoms with Crippen LogP contribution in [0, 0.1) is 18.3 Å². The Hall–Kier alpha value is -0.890. The van der Waals surface area contributed by atoms with E-state index in [-0.39, 0.29) is 0 Å². The molecule has 0 aromatic carbocycles. The van der Waals surface area contributed by atoms with E-state index >= 15 is 0 Å². The number of aryl methyl sites for hydroxylation is 1. The molecular formula is C18H28N2. The highest BCUT2D eigenvalue weighted by Gasteiger charge is 2.36. The van der Waals surface area contributed by atoms with E-state index in [2.05, 4.69) is 49.4 Å². The number of nitrogens with zero attached hydrogens (tertiary/aromatic N) is 1. The number of nitrogens with one attached hydrogen (secondary N) is 1. The van der Waals surface area contributed by atoms with Gasteiger partial charge in [-0.2, -0.15) is 0 Å². The average molecular weight is 272 g/mol. The first-order valence-corrected chi connectivity index (χ1v) is 8.19. The summed E-state index contributed by atoms with van der Waals surface area (Å²) >= 11 is 0. The predicted molar refractivity (Wildman–Crippen MR) is 83.9 cm³/mol. The van der Waals surface area contributed by atoms with Crippen molar-refractivity contribution in [3.63, 3.8) is 0 Å². The summed E-state index contributed by atoms with van der Waals surface area (Å²) in [4.78, 5) is 4.52. The van der Waals surface area contributed by atoms with Crippen molar-refractivity contribution in [2.75, 3.05) is 6.54 Å². The lowest BCUT2D eigenvalue weighted by molar-refractivity contribution is 0.159. The standard InChI is InChI=1S/C18H28N2/c1-13-4-5-14(11-19-13)17-10-18(2,3)9-8-15(17)12-20-16-6-7-16/h4-5,11,15-17,20H,6-10,12H2,1-3H3. The maximum Gasteiger partial charge on any atom is 0.0372 e. The fraction of sp³-hybridized carbons (Fsp3) is 0.722. The third kappa shape index (κ3) is 3.41. The summed E-state index contributed by atoms with van der Waals surface area (Å²) < 4.78 is 0. The topological polar surface area (TPSA) is 24.9 Å². The first-order chi connectivity index (χ1) is 9.53. The van der Waals surface area contributed by atoms with Crippen LogP contribution in [0.25, 0.3) is 0 Å². The highest BCUT2D eigenvalue weighted by atomic mass is 14.9. The lowest BCUT2D eigenvalue weighted by Gasteiger charge is -2.41. The Morgan fingerprint density at radius 3 is 2.70 bits per heavy atom. The van der Waals surface area contributed by atoms with Crippen molar-refractivity contribution in [1.29, 1.82) is 0 Å². The second-order valence-electron chi connectivity index (χ2n) is 7.69. The van der Waals surface area contributed by atoms with E-state index in [0.29, 0.717) is 11.3 Å². The maximum atomic E-state index is 4.52. The van der Waals surface area contributed by atoms with Gasteiger partial charge in [-0.3, -0.25) is 4.98 Å². The summed E-state index contributed by atoms with van der Waals surface area (Å²) in [5.74, 6) is 1.46. The zero-order valence-electron chi connectivity index (χ0n) is 13.2. The van der Waals surface area contributed by atoms with E-state index in [4.69, 9.17) is 0 Å². The van der Waals surface area contributed by atoms with E-state index in [1.807, 2.05) is 0 Å². The van der Waals surface area contributed by atoms with Gasteiger partial charge < -0.3 is 5.32 Å². The van der Waals surface area contributed by atoms with Crippen LogP contribution in [0.2, 0.25) is 0 Å². The summed E-state index contributed by atoms with van der Waals surface area (Å²) in [6.45, 7) is 8.11. The summed E-state index contributed by atoms with van der Waals surface area (Å²) in [6, 6.07) is 5.29. The normalized spacial score (nSPS) is 29.4. The molecule has 2 aliphatic carbocycles. The maximum absolute atomic E-state index is 4.52. The largest absolute Gasteiger partial charge is 0.314 e. The Balaban J connectivity index is 1.74. The van der Waals surface area contributed by atoms with E-state index in [0.717, 1.165) is 17.7 Å². The molecule has 0 bridgehead atoms. The fourth-order valence-corrected chi connectivity index (χ4v) is 3.58. The van der Waals surface area contributed by atoms with E-state index in [9.17, 15) is 0 Å². The minimum atomic E-state index is 0.478. The molecule has 3 rings (SSSR count). The van der Waals surface area contributed by atoms with Crippen molar-refractivity contribution >= 4 is 0 Å². The van der Waals surface area contributed by atoms with Gasteiger partial charge in [-0.25, -0.2) is 0 Å². The van der Waals surface area contributed by atoms with Gasteiger partial charge in [0.25, 0.3) is 0 Å². The molecule has 2 unspecified atom stereocenters. The van der Waals surface area contributed by atoms with Crippen LogP contribution in [-0.4, -0.2) is 17.6 Å². The van der Waals surface area contributed by atoms with Gasteiger partial charge in [0.2, 0.25) is 0 Å². The molecular weight excluding hydrogens is 244 g/mol. The van der Waals surface area contributed by atoms with Crippen LogP contribution in [0.3, 0.4) is 0 Å². The van der Waals surface area contributed by atoms with Gasteiger partial charge >= 0.3 is 0 Å². The first kappa shape index (κ1) is 14.1. The molecule has 1 aromatic heterocycles. The lowest BCUT2D eigenvalue weighted by Crippen LogP contribution is -2.35. The van der Waals surface area contributed by atoms with Gasteiger partial charge in [0.1, 0.15) is 0 Å². The fourth-order valence-electron chi connectivity index (χ4n) is 3.58. The van der Waals surface area contributed by atoms with Crippen molar-refractivity contribution in [1.82, 2.24) is 10.3 Å². The predicted octanol–water partition coefficient (Wildman–Crippen LogP) is 4.05. The molecule has 2 aliphatic rings. The minimum Gasteiger partial charge on any atom is -0.314 e. The Kier molecular flexibility index (Phi) is 3.85. The molecule has 2 nitrogen and oxygen atoms in total. The number of hydrogen-bond donors (Lipinski definition) is 1. The Morgan fingerprint density at radius 1 is 1.25 bits per heavy atom. The smallest absolute Gasteiger partial charge is 0.0372 e. The van der Waals surface area contributed by atoms with Crippen molar-refractivity contribution in [3.8, 4) is 0 Å². The summed E-state index contributed by atoms with van der Waals surface area (Å²) in [7, 11) is 0. The summed E-state index contributed by atoms with van der Waals surface area (Å²) in [5.41, 5.74) is 3.05. The Labute approximate surface area is 123 Å². The number of aromatic nitrogens is 1. The molecule has 0 saturated heterocycles. The quantitative estimate of drug-likeness (QED) is 0.894. The molecule has 110 valence electrons. The van der Waals surface area contributed by atoms with Crippen molar-refractivity contribution in [2.24, 2.45) is 11.3 Å². The summed E-state index contributed by atoms with van der Waals surface area (Å²) in [5, 5.41) is 3.74. The third-order valence-corrected chi connectivity index (χ3v) is 5.14. The highest BCUT2D eigenvalue weighted by molar-refractivity contribution is 5.20. The lowest BCUT2D eigenvalue weighted by atomic mass is 9.65. The zero-order chi connectivity index (χ0) is 14.2. The van der Waals surface area contributed by atoms with Gasteiger partial charge in [0.15, 0.2) is 0 Å². The third-order valence-electron chi connectivity index (χ3n) is 5.14. The number of rotatable bonds is 4. The molecule has 2 fully saturated rings. The van der Waals surface area contributed by atoms with Gasteiger partial charge in [-0.05, 0) is 74.5 Å². The van der Waals surface area contributed by atoms with Gasteiger partial charge in [0.05, 0.1) is 0 Å². The number of hydrogen-bond acceptors (Lipinski definition) is 2. The van der Waals surface area contributed by atoms with E-state index < -0.39 is 0 Å². The molecule has 0 radical (unpaired) electrons.